The van der Waals surface area contributed by atoms with Crippen LogP contribution in [-0.4, -0.2) is 25.2 Å². The second kappa shape index (κ2) is 3.27. The molecule has 0 aromatic carbocycles. The van der Waals surface area contributed by atoms with E-state index in [-0.39, 0.29) is 17.9 Å². The van der Waals surface area contributed by atoms with Gasteiger partial charge >= 0.3 is 0 Å². The van der Waals surface area contributed by atoms with Crippen molar-refractivity contribution in [2.75, 3.05) is 13.2 Å². The summed E-state index contributed by atoms with van der Waals surface area (Å²) in [6, 6.07) is 0.276. The molecular weight excluding hydrogens is 154 g/mol. The summed E-state index contributed by atoms with van der Waals surface area (Å²) in [7, 11) is 0. The molecule has 1 N–H and O–H groups in total. The molecule has 0 bridgehead atoms. The lowest BCUT2D eigenvalue weighted by Gasteiger charge is -2.27. The van der Waals surface area contributed by atoms with Crippen molar-refractivity contribution in [3.05, 3.63) is 12.2 Å². The van der Waals surface area contributed by atoms with Crippen LogP contribution in [0.15, 0.2) is 12.2 Å². The van der Waals surface area contributed by atoms with E-state index in [0.717, 1.165) is 12.8 Å². The molecule has 2 rings (SSSR count). The molecular formula is C9H13NO2. The van der Waals surface area contributed by atoms with Crippen LogP contribution in [0.25, 0.3) is 0 Å². The van der Waals surface area contributed by atoms with Gasteiger partial charge in [0.1, 0.15) is 0 Å². The maximum atomic E-state index is 11.4. The topological polar surface area (TPSA) is 38.3 Å². The molecule has 1 saturated heterocycles. The maximum absolute atomic E-state index is 11.4. The maximum Gasteiger partial charge on any atom is 0.224 e. The predicted octanol–water partition coefficient (Wildman–Crippen LogP) is 0.468. The second-order valence-corrected chi connectivity index (χ2v) is 3.38. The third-order valence-corrected chi connectivity index (χ3v) is 2.36. The van der Waals surface area contributed by atoms with Crippen LogP contribution in [0.5, 0.6) is 0 Å². The molecule has 0 radical (unpaired) electrons. The molecule has 0 saturated carbocycles. The van der Waals surface area contributed by atoms with Crippen molar-refractivity contribution in [3.8, 4) is 0 Å². The molecule has 0 aromatic heterocycles. The van der Waals surface area contributed by atoms with Crippen molar-refractivity contribution >= 4 is 5.91 Å². The van der Waals surface area contributed by atoms with Crippen molar-refractivity contribution in [2.45, 2.75) is 18.9 Å². The third-order valence-electron chi connectivity index (χ3n) is 2.36. The number of allylic oxidation sites excluding steroid dienone is 2. The number of hydrogen-bond donors (Lipinski definition) is 1. The Morgan fingerprint density at radius 3 is 2.50 bits per heavy atom. The first-order valence-electron chi connectivity index (χ1n) is 4.39. The summed E-state index contributed by atoms with van der Waals surface area (Å²) in [5.74, 6) is 0.374. The quantitative estimate of drug-likeness (QED) is 0.607. The molecule has 1 heterocycles. The highest BCUT2D eigenvalue weighted by molar-refractivity contribution is 5.79. The highest BCUT2D eigenvalue weighted by Crippen LogP contribution is 2.18. The van der Waals surface area contributed by atoms with E-state index >= 15 is 0 Å². The van der Waals surface area contributed by atoms with Crippen molar-refractivity contribution in [1.29, 1.82) is 0 Å². The van der Waals surface area contributed by atoms with Gasteiger partial charge in [-0.25, -0.2) is 0 Å². The highest BCUT2D eigenvalue weighted by Gasteiger charge is 2.25. The van der Waals surface area contributed by atoms with E-state index in [1.807, 2.05) is 0 Å². The van der Waals surface area contributed by atoms with Crippen LogP contribution < -0.4 is 5.32 Å². The fraction of sp³-hybridized carbons (Fsp3) is 0.667. The Morgan fingerprint density at radius 1 is 1.33 bits per heavy atom. The Hall–Kier alpha value is -0.830. The molecule has 0 spiro atoms. The average molecular weight is 167 g/mol. The molecule has 0 atom stereocenters. The zero-order chi connectivity index (χ0) is 8.39. The molecule has 1 aliphatic heterocycles. The lowest BCUT2D eigenvalue weighted by Crippen LogP contribution is -2.50. The predicted molar refractivity (Wildman–Crippen MR) is 44.6 cm³/mol. The Bertz CT molecular complexity index is 201. The van der Waals surface area contributed by atoms with Crippen LogP contribution in [0.1, 0.15) is 12.8 Å². The Kier molecular flexibility index (Phi) is 2.13. The minimum atomic E-state index is 0.186. The van der Waals surface area contributed by atoms with Gasteiger partial charge in [-0.15, -0.1) is 0 Å². The smallest absolute Gasteiger partial charge is 0.224 e. The molecule has 1 aliphatic carbocycles. The monoisotopic (exact) mass is 167 g/mol. The lowest BCUT2D eigenvalue weighted by atomic mass is 10.1. The van der Waals surface area contributed by atoms with Crippen LogP contribution in [0.4, 0.5) is 0 Å². The molecule has 1 amide bonds. The van der Waals surface area contributed by atoms with Crippen molar-refractivity contribution in [3.63, 3.8) is 0 Å². The average Bonchev–Trinajstić information content (AvgIpc) is 2.47. The summed E-state index contributed by atoms with van der Waals surface area (Å²) >= 11 is 0. The van der Waals surface area contributed by atoms with Gasteiger partial charge in [0, 0.05) is 5.92 Å². The lowest BCUT2D eigenvalue weighted by molar-refractivity contribution is -0.128. The normalized spacial score (nSPS) is 24.0. The van der Waals surface area contributed by atoms with Crippen LogP contribution in [0.3, 0.4) is 0 Å². The van der Waals surface area contributed by atoms with Crippen LogP contribution in [0.2, 0.25) is 0 Å². The van der Waals surface area contributed by atoms with Gasteiger partial charge in [0.05, 0.1) is 19.3 Å². The molecule has 3 heteroatoms. The van der Waals surface area contributed by atoms with Gasteiger partial charge in [-0.2, -0.15) is 0 Å². The van der Waals surface area contributed by atoms with Gasteiger partial charge < -0.3 is 10.1 Å². The summed E-state index contributed by atoms with van der Waals surface area (Å²) < 4.78 is 4.97. The van der Waals surface area contributed by atoms with Crippen molar-refractivity contribution in [1.82, 2.24) is 5.32 Å². The molecule has 66 valence electrons. The second-order valence-electron chi connectivity index (χ2n) is 3.38. The summed E-state index contributed by atoms with van der Waals surface area (Å²) in [6.07, 6.45) is 5.95. The largest absolute Gasteiger partial charge is 0.377 e. The number of hydrogen-bond acceptors (Lipinski definition) is 2. The van der Waals surface area contributed by atoms with Gasteiger partial charge in [-0.3, -0.25) is 4.79 Å². The number of carbonyl (C=O) groups excluding carboxylic acids is 1. The fourth-order valence-corrected chi connectivity index (χ4v) is 1.47. The van der Waals surface area contributed by atoms with Gasteiger partial charge in [0.2, 0.25) is 5.91 Å². The first-order valence-corrected chi connectivity index (χ1v) is 4.39. The number of amides is 1. The molecule has 2 aliphatic rings. The van der Waals surface area contributed by atoms with E-state index in [9.17, 15) is 4.79 Å². The van der Waals surface area contributed by atoms with Gasteiger partial charge in [0.15, 0.2) is 0 Å². The zero-order valence-electron chi connectivity index (χ0n) is 6.95. The Morgan fingerprint density at radius 2 is 2.00 bits per heavy atom. The summed E-state index contributed by atoms with van der Waals surface area (Å²) in [4.78, 5) is 11.4. The molecule has 12 heavy (non-hydrogen) atoms. The number of rotatable bonds is 2. The summed E-state index contributed by atoms with van der Waals surface area (Å²) in [6.45, 7) is 1.37. The fourth-order valence-electron chi connectivity index (χ4n) is 1.47. The molecule has 3 nitrogen and oxygen atoms in total. The van der Waals surface area contributed by atoms with Gasteiger partial charge in [0.25, 0.3) is 0 Å². The third kappa shape index (κ3) is 1.50. The summed E-state index contributed by atoms with van der Waals surface area (Å²) in [5.41, 5.74) is 0. The zero-order valence-corrected chi connectivity index (χ0v) is 6.95. The van der Waals surface area contributed by atoms with E-state index < -0.39 is 0 Å². The minimum absolute atomic E-state index is 0.186. The minimum Gasteiger partial charge on any atom is -0.377 e. The van der Waals surface area contributed by atoms with Crippen molar-refractivity contribution < 1.29 is 9.53 Å². The van der Waals surface area contributed by atoms with Crippen LogP contribution >= 0.6 is 0 Å². The van der Waals surface area contributed by atoms with Gasteiger partial charge in [-0.1, -0.05) is 12.2 Å². The van der Waals surface area contributed by atoms with E-state index in [1.54, 1.807) is 0 Å². The number of ether oxygens (including phenoxy) is 1. The van der Waals surface area contributed by atoms with E-state index in [0.29, 0.717) is 13.2 Å². The molecule has 0 aromatic rings. The van der Waals surface area contributed by atoms with Crippen LogP contribution in [-0.2, 0) is 9.53 Å². The Labute approximate surface area is 71.8 Å². The van der Waals surface area contributed by atoms with E-state index in [4.69, 9.17) is 4.74 Å². The molecule has 0 unspecified atom stereocenters. The standard InChI is InChI=1S/C9H13NO2/c11-9(7-3-1-2-4-7)10-8-5-12-6-8/h1-2,7-8H,3-6H2,(H,10,11). The van der Waals surface area contributed by atoms with E-state index in [2.05, 4.69) is 17.5 Å². The van der Waals surface area contributed by atoms with Crippen molar-refractivity contribution in [2.24, 2.45) is 5.92 Å². The molecule has 1 fully saturated rings. The number of carbonyl (C=O) groups is 1. The van der Waals surface area contributed by atoms with Crippen LogP contribution in [0, 0.1) is 5.92 Å². The summed E-state index contributed by atoms with van der Waals surface area (Å²) in [5, 5.41) is 2.95. The van der Waals surface area contributed by atoms with Gasteiger partial charge in [-0.05, 0) is 12.8 Å². The SMILES string of the molecule is O=C(NC1COC1)C1CC=CC1. The highest BCUT2D eigenvalue weighted by atomic mass is 16.5. The first kappa shape index (κ1) is 7.80. The Balaban J connectivity index is 1.75. The number of nitrogens with one attached hydrogen (secondary N) is 1. The first-order chi connectivity index (χ1) is 5.86. The van der Waals surface area contributed by atoms with E-state index in [1.165, 1.54) is 0 Å².